The number of nitrogens with zero attached hydrogens (tertiary/aromatic N) is 1. The molecule has 0 spiro atoms. The van der Waals surface area contributed by atoms with Crippen LogP contribution < -0.4 is 0 Å². The summed E-state index contributed by atoms with van der Waals surface area (Å²) in [5.74, 6) is 0.391. The molecule has 0 saturated carbocycles. The van der Waals surface area contributed by atoms with Crippen LogP contribution in [0.1, 0.15) is 11.9 Å². The number of ether oxygens (including phenoxy) is 1. The van der Waals surface area contributed by atoms with Gasteiger partial charge < -0.3 is 19.2 Å². The third kappa shape index (κ3) is 2.47. The van der Waals surface area contributed by atoms with Crippen LogP contribution in [0, 0.1) is 0 Å². The molecular weight excluding hydrogens is 246 g/mol. The van der Waals surface area contributed by atoms with Gasteiger partial charge in [-0.25, -0.2) is 0 Å². The number of morpholine rings is 1. The average Bonchev–Trinajstić information content (AvgIpc) is 2.85. The molecule has 1 aromatic heterocycles. The summed E-state index contributed by atoms with van der Waals surface area (Å²) in [6.45, 7) is 1.35. The number of β-amino-alcohol motifs (C(OH)–C–C–N with tert-alkyl or cyclic N) is 1. The summed E-state index contributed by atoms with van der Waals surface area (Å²) >= 11 is 0. The van der Waals surface area contributed by atoms with Crippen LogP contribution in [-0.4, -0.2) is 42.2 Å². The number of rotatable bonds is 3. The molecule has 2 aromatic rings. The number of aliphatic hydroxyl groups excluding tert-OH is 1. The van der Waals surface area contributed by atoms with Crippen LogP contribution >= 0.6 is 0 Å². The fourth-order valence-electron chi connectivity index (χ4n) is 2.21. The molecule has 1 aliphatic heterocycles. The van der Waals surface area contributed by atoms with Crippen LogP contribution in [0.5, 0.6) is 0 Å². The predicted octanol–water partition coefficient (Wildman–Crippen LogP) is 1.32. The van der Waals surface area contributed by atoms with E-state index in [1.54, 1.807) is 4.90 Å². The number of hydrogen-bond acceptors (Lipinski definition) is 4. The molecule has 0 aliphatic carbocycles. The molecule has 1 aromatic carbocycles. The molecule has 0 bridgehead atoms. The Bertz CT molecular complexity index is 559. The molecule has 1 aliphatic rings. The Morgan fingerprint density at radius 1 is 1.37 bits per heavy atom. The standard InChI is InChI=1S/C14H15NO4/c16-11(8-15-5-6-18-9-14(15)17)13-7-10-3-1-2-4-12(10)19-13/h1-4,7,11,16H,5-6,8-9H2. The highest BCUT2D eigenvalue weighted by atomic mass is 16.5. The van der Waals surface area contributed by atoms with E-state index in [2.05, 4.69) is 0 Å². The van der Waals surface area contributed by atoms with Crippen LogP contribution in [0.15, 0.2) is 34.7 Å². The van der Waals surface area contributed by atoms with Crippen LogP contribution in [0.4, 0.5) is 0 Å². The summed E-state index contributed by atoms with van der Waals surface area (Å²) in [5.41, 5.74) is 0.741. The van der Waals surface area contributed by atoms with E-state index >= 15 is 0 Å². The number of para-hydroxylation sites is 1. The van der Waals surface area contributed by atoms with Crippen molar-refractivity contribution in [2.24, 2.45) is 0 Å². The molecule has 19 heavy (non-hydrogen) atoms. The molecule has 1 amide bonds. The van der Waals surface area contributed by atoms with E-state index in [1.807, 2.05) is 30.3 Å². The van der Waals surface area contributed by atoms with E-state index in [4.69, 9.17) is 9.15 Å². The van der Waals surface area contributed by atoms with E-state index in [0.29, 0.717) is 18.9 Å². The average molecular weight is 261 g/mol. The van der Waals surface area contributed by atoms with Crippen molar-refractivity contribution in [1.82, 2.24) is 4.90 Å². The largest absolute Gasteiger partial charge is 0.458 e. The van der Waals surface area contributed by atoms with E-state index < -0.39 is 6.10 Å². The fraction of sp³-hybridized carbons (Fsp3) is 0.357. The number of benzene rings is 1. The molecule has 100 valence electrons. The number of furan rings is 1. The Morgan fingerprint density at radius 2 is 2.21 bits per heavy atom. The second-order valence-electron chi connectivity index (χ2n) is 4.59. The van der Waals surface area contributed by atoms with Gasteiger partial charge in [-0.1, -0.05) is 18.2 Å². The van der Waals surface area contributed by atoms with Gasteiger partial charge in [-0.05, 0) is 12.1 Å². The van der Waals surface area contributed by atoms with Crippen molar-refractivity contribution in [3.8, 4) is 0 Å². The minimum Gasteiger partial charge on any atom is -0.458 e. The summed E-state index contributed by atoms with van der Waals surface area (Å²) in [6.07, 6.45) is -0.811. The molecule has 3 rings (SSSR count). The summed E-state index contributed by atoms with van der Waals surface area (Å²) in [6, 6.07) is 9.39. The predicted molar refractivity (Wildman–Crippen MR) is 68.6 cm³/mol. The number of fused-ring (bicyclic) bond motifs is 1. The molecule has 2 heterocycles. The van der Waals surface area contributed by atoms with E-state index in [1.165, 1.54) is 0 Å². The van der Waals surface area contributed by atoms with Gasteiger partial charge in [0.1, 0.15) is 24.1 Å². The number of aliphatic hydroxyl groups is 1. The van der Waals surface area contributed by atoms with Crippen LogP contribution in [0.3, 0.4) is 0 Å². The summed E-state index contributed by atoms with van der Waals surface area (Å²) in [7, 11) is 0. The zero-order valence-electron chi connectivity index (χ0n) is 10.4. The zero-order chi connectivity index (χ0) is 13.2. The molecule has 1 fully saturated rings. The van der Waals surface area contributed by atoms with Crippen molar-refractivity contribution in [2.45, 2.75) is 6.10 Å². The normalized spacial score (nSPS) is 17.9. The number of amides is 1. The minimum atomic E-state index is -0.811. The molecule has 0 radical (unpaired) electrons. The van der Waals surface area contributed by atoms with Gasteiger partial charge >= 0.3 is 0 Å². The Balaban J connectivity index is 1.75. The second-order valence-corrected chi connectivity index (χ2v) is 4.59. The highest BCUT2D eigenvalue weighted by Gasteiger charge is 2.23. The zero-order valence-corrected chi connectivity index (χ0v) is 10.4. The number of carbonyl (C=O) groups excluding carboxylic acids is 1. The van der Waals surface area contributed by atoms with Crippen molar-refractivity contribution in [3.63, 3.8) is 0 Å². The molecule has 1 atom stereocenters. The maximum absolute atomic E-state index is 11.6. The number of hydrogen-bond donors (Lipinski definition) is 1. The quantitative estimate of drug-likeness (QED) is 0.905. The monoisotopic (exact) mass is 261 g/mol. The van der Waals surface area contributed by atoms with Crippen molar-refractivity contribution in [1.29, 1.82) is 0 Å². The van der Waals surface area contributed by atoms with Crippen LogP contribution in [0.25, 0.3) is 11.0 Å². The smallest absolute Gasteiger partial charge is 0.248 e. The Hall–Kier alpha value is -1.85. The topological polar surface area (TPSA) is 62.9 Å². The highest BCUT2D eigenvalue weighted by Crippen LogP contribution is 2.24. The number of carbonyl (C=O) groups is 1. The van der Waals surface area contributed by atoms with Gasteiger partial charge in [-0.15, -0.1) is 0 Å². The molecule has 5 nitrogen and oxygen atoms in total. The lowest BCUT2D eigenvalue weighted by molar-refractivity contribution is -0.144. The van der Waals surface area contributed by atoms with Crippen molar-refractivity contribution >= 4 is 16.9 Å². The SMILES string of the molecule is O=C1COCCN1CC(O)c1cc2ccccc2o1. The first kappa shape index (κ1) is 12.2. The molecular formula is C14H15NO4. The van der Waals surface area contributed by atoms with Crippen molar-refractivity contribution in [3.05, 3.63) is 36.1 Å². The van der Waals surface area contributed by atoms with Gasteiger partial charge in [0, 0.05) is 11.9 Å². The summed E-state index contributed by atoms with van der Waals surface area (Å²) in [5, 5.41) is 11.1. The first-order valence-corrected chi connectivity index (χ1v) is 6.26. The van der Waals surface area contributed by atoms with E-state index in [9.17, 15) is 9.90 Å². The van der Waals surface area contributed by atoms with Gasteiger partial charge in [0.05, 0.1) is 13.2 Å². The minimum absolute atomic E-state index is 0.0901. The van der Waals surface area contributed by atoms with Gasteiger partial charge in [-0.2, -0.15) is 0 Å². The van der Waals surface area contributed by atoms with Gasteiger partial charge in [0.15, 0.2) is 0 Å². The third-order valence-corrected chi connectivity index (χ3v) is 3.25. The molecule has 5 heteroatoms. The van der Waals surface area contributed by atoms with Crippen molar-refractivity contribution < 1.29 is 19.1 Å². The van der Waals surface area contributed by atoms with Crippen molar-refractivity contribution in [2.75, 3.05) is 26.3 Å². The van der Waals surface area contributed by atoms with Crippen LogP contribution in [-0.2, 0) is 9.53 Å². The maximum Gasteiger partial charge on any atom is 0.248 e. The Morgan fingerprint density at radius 3 is 3.00 bits per heavy atom. The Kier molecular flexibility index (Phi) is 3.23. The summed E-state index contributed by atoms with van der Waals surface area (Å²) < 4.78 is 10.6. The molecule has 1 saturated heterocycles. The molecule has 1 N–H and O–H groups in total. The Labute approximate surface area is 110 Å². The van der Waals surface area contributed by atoms with Gasteiger partial charge in [0.25, 0.3) is 0 Å². The lowest BCUT2D eigenvalue weighted by atomic mass is 10.2. The van der Waals surface area contributed by atoms with Gasteiger partial charge in [-0.3, -0.25) is 4.79 Å². The van der Waals surface area contributed by atoms with E-state index in [-0.39, 0.29) is 19.1 Å². The van der Waals surface area contributed by atoms with Gasteiger partial charge in [0.2, 0.25) is 5.91 Å². The molecule has 1 unspecified atom stereocenters. The van der Waals surface area contributed by atoms with E-state index in [0.717, 1.165) is 11.0 Å². The first-order valence-electron chi connectivity index (χ1n) is 6.26. The maximum atomic E-state index is 11.6. The third-order valence-electron chi connectivity index (χ3n) is 3.25. The fourth-order valence-corrected chi connectivity index (χ4v) is 2.21. The second kappa shape index (κ2) is 5.03. The lowest BCUT2D eigenvalue weighted by Gasteiger charge is -2.28. The first-order chi connectivity index (χ1) is 9.24. The van der Waals surface area contributed by atoms with Crippen LogP contribution in [0.2, 0.25) is 0 Å². The highest BCUT2D eigenvalue weighted by molar-refractivity contribution is 5.78. The summed E-state index contributed by atoms with van der Waals surface area (Å²) in [4.78, 5) is 13.2. The lowest BCUT2D eigenvalue weighted by Crippen LogP contribution is -2.43.